The van der Waals surface area contributed by atoms with E-state index in [9.17, 15) is 18.0 Å². The molecule has 0 fully saturated rings. The number of benzene rings is 2. The molecule has 0 saturated carbocycles. The Morgan fingerprint density at radius 3 is 2.52 bits per heavy atom. The Bertz CT molecular complexity index is 1010. The highest BCUT2D eigenvalue weighted by Gasteiger charge is 2.62. The predicted molar refractivity (Wildman–Crippen MR) is 113 cm³/mol. The second-order valence-electron chi connectivity index (χ2n) is 7.08. The normalized spacial score (nSPS) is 18.4. The van der Waals surface area contributed by atoms with Crippen LogP contribution in [0.15, 0.2) is 41.6 Å². The van der Waals surface area contributed by atoms with E-state index in [1.807, 2.05) is 6.92 Å². The average molecular weight is 475 g/mol. The summed E-state index contributed by atoms with van der Waals surface area (Å²) < 4.78 is 47.4. The Labute approximate surface area is 187 Å². The van der Waals surface area contributed by atoms with Crippen molar-refractivity contribution < 1.29 is 27.5 Å². The van der Waals surface area contributed by atoms with Gasteiger partial charge in [-0.15, -0.1) is 0 Å². The summed E-state index contributed by atoms with van der Waals surface area (Å²) in [7, 11) is 0. The fraction of sp³-hybridized carbons (Fsp3) is 0.333. The maximum absolute atomic E-state index is 14.1. The summed E-state index contributed by atoms with van der Waals surface area (Å²) in [6.07, 6.45) is -5.36. The monoisotopic (exact) mass is 474 g/mol. The molecule has 0 radical (unpaired) electrons. The first-order valence-corrected chi connectivity index (χ1v) is 10.1. The van der Waals surface area contributed by atoms with E-state index in [4.69, 9.17) is 32.8 Å². The van der Waals surface area contributed by atoms with Gasteiger partial charge in [0.05, 0.1) is 12.3 Å². The molecular weight excluding hydrogens is 456 g/mol. The summed E-state index contributed by atoms with van der Waals surface area (Å²) in [6, 6.07) is 8.45. The number of alkyl halides is 3. The van der Waals surface area contributed by atoms with Crippen molar-refractivity contribution in [1.29, 1.82) is 0 Å². The average Bonchev–Trinajstić information content (AvgIpc) is 3.14. The zero-order chi connectivity index (χ0) is 22.8. The third kappa shape index (κ3) is 4.91. The van der Waals surface area contributed by atoms with E-state index >= 15 is 0 Å². The number of rotatable bonds is 5. The molecule has 2 aromatic rings. The Hall–Kier alpha value is -2.45. The van der Waals surface area contributed by atoms with Crippen molar-refractivity contribution in [1.82, 2.24) is 0 Å². The van der Waals surface area contributed by atoms with Gasteiger partial charge in [-0.3, -0.25) is 5.32 Å². The van der Waals surface area contributed by atoms with Crippen molar-refractivity contribution in [2.45, 2.75) is 38.5 Å². The van der Waals surface area contributed by atoms with E-state index in [0.29, 0.717) is 23.2 Å². The molecule has 5 nitrogen and oxygen atoms in total. The highest BCUT2D eigenvalue weighted by atomic mass is 35.5. The fourth-order valence-corrected chi connectivity index (χ4v) is 3.65. The van der Waals surface area contributed by atoms with Crippen molar-refractivity contribution in [2.75, 3.05) is 11.9 Å². The predicted octanol–water partition coefficient (Wildman–Crippen LogP) is 6.84. The molecule has 3 rings (SSSR count). The maximum Gasteiger partial charge on any atom is 0.435 e. The Morgan fingerprint density at radius 1 is 1.23 bits per heavy atom. The summed E-state index contributed by atoms with van der Waals surface area (Å²) in [5.74, 6) is 0. The number of carbonyl (C=O) groups is 1. The summed E-state index contributed by atoms with van der Waals surface area (Å²) in [6.45, 7) is 3.86. The van der Waals surface area contributed by atoms with Crippen LogP contribution in [0.3, 0.4) is 0 Å². The third-order valence-electron chi connectivity index (χ3n) is 4.76. The molecule has 1 aliphatic heterocycles. The number of ether oxygens (including phenoxy) is 1. The Morgan fingerprint density at radius 2 is 1.90 bits per heavy atom. The van der Waals surface area contributed by atoms with Gasteiger partial charge in [-0.1, -0.05) is 47.4 Å². The number of nitrogens with zero attached hydrogens (tertiary/aromatic N) is 1. The number of nitrogens with one attached hydrogen (secondary N) is 1. The number of hydrogen-bond acceptors (Lipinski definition) is 4. The van der Waals surface area contributed by atoms with Gasteiger partial charge < -0.3 is 9.57 Å². The molecule has 1 amide bonds. The van der Waals surface area contributed by atoms with Crippen LogP contribution < -0.4 is 5.32 Å². The molecule has 0 bridgehead atoms. The molecule has 0 aliphatic carbocycles. The second kappa shape index (κ2) is 8.96. The van der Waals surface area contributed by atoms with Gasteiger partial charge in [-0.05, 0) is 43.2 Å². The van der Waals surface area contributed by atoms with Crippen molar-refractivity contribution in [2.24, 2.45) is 5.16 Å². The van der Waals surface area contributed by atoms with E-state index in [-0.39, 0.29) is 27.9 Å². The van der Waals surface area contributed by atoms with Crippen LogP contribution in [0.2, 0.25) is 10.0 Å². The summed E-state index contributed by atoms with van der Waals surface area (Å²) in [5, 5.41) is 6.42. The van der Waals surface area contributed by atoms with Gasteiger partial charge in [-0.25, -0.2) is 4.79 Å². The molecule has 2 aromatic carbocycles. The lowest BCUT2D eigenvalue weighted by Gasteiger charge is -2.29. The fourth-order valence-electron chi connectivity index (χ4n) is 3.12. The Balaban J connectivity index is 1.92. The number of halogens is 5. The highest BCUT2D eigenvalue weighted by Crippen LogP contribution is 2.49. The van der Waals surface area contributed by atoms with Gasteiger partial charge in [0.25, 0.3) is 5.60 Å². The number of hydrogen-bond donors (Lipinski definition) is 1. The van der Waals surface area contributed by atoms with Crippen molar-refractivity contribution in [3.63, 3.8) is 0 Å². The minimum absolute atomic E-state index is 0.0515. The van der Waals surface area contributed by atoms with E-state index < -0.39 is 24.3 Å². The Kier molecular flexibility index (Phi) is 6.71. The van der Waals surface area contributed by atoms with E-state index in [1.165, 1.54) is 12.1 Å². The molecule has 0 saturated heterocycles. The maximum atomic E-state index is 14.1. The third-order valence-corrected chi connectivity index (χ3v) is 5.20. The molecular formula is C21H19Cl2F3N2O3. The molecule has 31 heavy (non-hydrogen) atoms. The molecule has 1 heterocycles. The minimum atomic E-state index is -4.79. The van der Waals surface area contributed by atoms with E-state index in [1.54, 1.807) is 19.1 Å². The molecule has 1 N–H and O–H groups in total. The van der Waals surface area contributed by atoms with Crippen molar-refractivity contribution in [3.8, 4) is 0 Å². The molecule has 0 aromatic heterocycles. The summed E-state index contributed by atoms with van der Waals surface area (Å²) >= 11 is 11.8. The first-order valence-electron chi connectivity index (χ1n) is 9.39. The van der Waals surface area contributed by atoms with Gasteiger partial charge in [0.2, 0.25) is 0 Å². The number of anilines is 1. The molecule has 1 atom stereocenters. The zero-order valence-electron chi connectivity index (χ0n) is 16.6. The first kappa shape index (κ1) is 23.2. The number of amides is 1. The highest BCUT2D eigenvalue weighted by molar-refractivity contribution is 6.34. The lowest BCUT2D eigenvalue weighted by Crippen LogP contribution is -2.42. The summed E-state index contributed by atoms with van der Waals surface area (Å²) in [5.41, 5.74) is -1.42. The van der Waals surface area contributed by atoms with Crippen LogP contribution in [0, 0.1) is 6.92 Å². The quantitative estimate of drug-likeness (QED) is 0.515. The van der Waals surface area contributed by atoms with Crippen LogP contribution >= 0.6 is 23.2 Å². The first-order chi connectivity index (χ1) is 14.6. The van der Waals surface area contributed by atoms with Crippen LogP contribution in [0.25, 0.3) is 0 Å². The van der Waals surface area contributed by atoms with Crippen LogP contribution in [-0.2, 0) is 15.2 Å². The molecule has 0 spiro atoms. The standard InChI is InChI=1S/C21H19Cl2F3N2O3/c1-3-6-30-19(29)27-17-7-13(5-4-12(17)2)18-11-20(31-28-18,21(24,25)26)14-8-15(22)10-16(23)9-14/h4-5,7-10H,3,6,11H2,1-2H3,(H,27,29). The van der Waals surface area contributed by atoms with Crippen LogP contribution in [0.1, 0.15) is 36.5 Å². The molecule has 1 aliphatic rings. The van der Waals surface area contributed by atoms with Crippen LogP contribution in [0.4, 0.5) is 23.7 Å². The molecule has 1 unspecified atom stereocenters. The number of oxime groups is 1. The van der Waals surface area contributed by atoms with Crippen molar-refractivity contribution >= 4 is 40.7 Å². The van der Waals surface area contributed by atoms with Gasteiger partial charge in [-0.2, -0.15) is 13.2 Å². The lowest BCUT2D eigenvalue weighted by atomic mass is 9.86. The number of aryl methyl sites for hydroxylation is 1. The van der Waals surface area contributed by atoms with Gasteiger partial charge in [0.15, 0.2) is 0 Å². The smallest absolute Gasteiger partial charge is 0.435 e. The van der Waals surface area contributed by atoms with Crippen molar-refractivity contribution in [3.05, 3.63) is 63.1 Å². The van der Waals surface area contributed by atoms with Gasteiger partial charge >= 0.3 is 12.3 Å². The topological polar surface area (TPSA) is 59.9 Å². The zero-order valence-corrected chi connectivity index (χ0v) is 18.2. The molecule has 166 valence electrons. The van der Waals surface area contributed by atoms with Crippen LogP contribution in [0.5, 0.6) is 0 Å². The largest absolute Gasteiger partial charge is 0.449 e. The number of carbonyl (C=O) groups excluding carboxylic acids is 1. The van der Waals surface area contributed by atoms with E-state index in [0.717, 1.165) is 12.1 Å². The van der Waals surface area contributed by atoms with Crippen LogP contribution in [-0.4, -0.2) is 24.6 Å². The van der Waals surface area contributed by atoms with Gasteiger partial charge in [0, 0.05) is 33.3 Å². The van der Waals surface area contributed by atoms with E-state index in [2.05, 4.69) is 10.5 Å². The minimum Gasteiger partial charge on any atom is -0.449 e. The lowest BCUT2D eigenvalue weighted by molar-refractivity contribution is -0.275. The van der Waals surface area contributed by atoms with Gasteiger partial charge in [0.1, 0.15) is 0 Å². The molecule has 10 heteroatoms. The SMILES string of the molecule is CCCOC(=O)Nc1cc(C2=NOC(c3cc(Cl)cc(Cl)c3)(C(F)(F)F)C2)ccc1C. The summed E-state index contributed by atoms with van der Waals surface area (Å²) in [4.78, 5) is 16.9. The second-order valence-corrected chi connectivity index (χ2v) is 7.95.